The number of phenolic OH excluding ortho intramolecular Hbond substituents is 1. The molecule has 0 unspecified atom stereocenters. The van der Waals surface area contributed by atoms with E-state index >= 15 is 0 Å². The lowest BCUT2D eigenvalue weighted by Gasteiger charge is -2.28. The summed E-state index contributed by atoms with van der Waals surface area (Å²) in [5.41, 5.74) is 16.9. The first kappa shape index (κ1) is 43.4. The van der Waals surface area contributed by atoms with Gasteiger partial charge in [0.25, 0.3) is 0 Å². The molecule has 1 N–H and O–H groups in total. The number of pyridine rings is 1. The monoisotopic (exact) mass is 829 g/mol. The standard InChI is InChI=1S/C59H63N3O/c1-37-24-25-60-51(26-37)43-28-40(38-20-16-14-17-21-38)27-42(29-43)48-30-41(39-22-18-15-19-23-39)31-52-53(48)61-55(49-35-46(58(8,9)10)36-50(54(49)63)59(11,12)13)62(52)47-33-44(56(2,3)4)32-45(34-47)57(5,6)7/h14-36,63H,1-13H3. The van der Waals surface area contributed by atoms with E-state index in [1.807, 2.05) is 12.3 Å². The van der Waals surface area contributed by atoms with Crippen molar-refractivity contribution in [1.29, 1.82) is 0 Å². The van der Waals surface area contributed by atoms with Crippen molar-refractivity contribution in [3.63, 3.8) is 0 Å². The maximum absolute atomic E-state index is 12.6. The number of hydrogen-bond acceptors (Lipinski definition) is 3. The van der Waals surface area contributed by atoms with Crippen molar-refractivity contribution in [2.24, 2.45) is 0 Å². The van der Waals surface area contributed by atoms with Crippen LogP contribution in [0.5, 0.6) is 5.75 Å². The molecule has 4 heteroatoms. The lowest BCUT2D eigenvalue weighted by Crippen LogP contribution is -2.18. The molecule has 8 aromatic rings. The largest absolute Gasteiger partial charge is 0.507 e. The minimum absolute atomic E-state index is 0.126. The number of nitrogens with zero attached hydrogens (tertiary/aromatic N) is 3. The number of benzene rings is 6. The van der Waals surface area contributed by atoms with Gasteiger partial charge in [0.15, 0.2) is 0 Å². The van der Waals surface area contributed by atoms with Crippen molar-refractivity contribution in [3.05, 3.63) is 167 Å². The molecule has 2 aromatic heterocycles. The topological polar surface area (TPSA) is 50.9 Å². The van der Waals surface area contributed by atoms with Crippen molar-refractivity contribution in [3.8, 4) is 67.5 Å². The van der Waals surface area contributed by atoms with E-state index in [9.17, 15) is 5.11 Å². The van der Waals surface area contributed by atoms with Crippen LogP contribution in [0.4, 0.5) is 0 Å². The van der Waals surface area contributed by atoms with E-state index in [1.54, 1.807) is 0 Å². The summed E-state index contributed by atoms with van der Waals surface area (Å²) in [6.07, 6.45) is 1.89. The third-order valence-corrected chi connectivity index (χ3v) is 12.4. The van der Waals surface area contributed by atoms with E-state index in [1.165, 1.54) is 11.1 Å². The molecule has 0 bridgehead atoms. The highest BCUT2D eigenvalue weighted by Crippen LogP contribution is 2.46. The summed E-state index contributed by atoms with van der Waals surface area (Å²) in [5.74, 6) is 0.968. The van der Waals surface area contributed by atoms with Crippen LogP contribution in [0, 0.1) is 6.92 Å². The van der Waals surface area contributed by atoms with Crippen LogP contribution in [0.15, 0.2) is 140 Å². The van der Waals surface area contributed by atoms with Crippen LogP contribution < -0.4 is 0 Å². The molecule has 0 fully saturated rings. The number of imidazole rings is 1. The molecule has 4 nitrogen and oxygen atoms in total. The number of aryl methyl sites for hydroxylation is 1. The minimum Gasteiger partial charge on any atom is -0.507 e. The molecule has 6 aromatic carbocycles. The lowest BCUT2D eigenvalue weighted by atomic mass is 9.78. The Balaban J connectivity index is 1.58. The summed E-state index contributed by atoms with van der Waals surface area (Å²) in [7, 11) is 0. The van der Waals surface area contributed by atoms with Crippen LogP contribution in [-0.2, 0) is 21.7 Å². The van der Waals surface area contributed by atoms with Gasteiger partial charge in [0.05, 0.1) is 22.3 Å². The molecule has 2 heterocycles. The zero-order chi connectivity index (χ0) is 45.2. The lowest BCUT2D eigenvalue weighted by molar-refractivity contribution is 0.446. The van der Waals surface area contributed by atoms with Gasteiger partial charge in [-0.05, 0) is 139 Å². The van der Waals surface area contributed by atoms with Crippen LogP contribution in [-0.4, -0.2) is 19.6 Å². The Bertz CT molecular complexity index is 2950. The van der Waals surface area contributed by atoms with E-state index in [0.717, 1.165) is 83.6 Å². The maximum Gasteiger partial charge on any atom is 0.149 e. The molecule has 0 aliphatic heterocycles. The molecule has 8 rings (SSSR count). The average Bonchev–Trinajstić information content (AvgIpc) is 3.61. The zero-order valence-electron chi connectivity index (χ0n) is 39.6. The summed E-state index contributed by atoms with van der Waals surface area (Å²) < 4.78 is 2.33. The van der Waals surface area contributed by atoms with Crippen LogP contribution >= 0.6 is 0 Å². The Morgan fingerprint density at radius 3 is 1.52 bits per heavy atom. The second-order valence-corrected chi connectivity index (χ2v) is 21.6. The van der Waals surface area contributed by atoms with Gasteiger partial charge in [-0.15, -0.1) is 0 Å². The van der Waals surface area contributed by atoms with Crippen LogP contribution in [0.3, 0.4) is 0 Å². The highest BCUT2D eigenvalue weighted by Gasteiger charge is 2.30. The van der Waals surface area contributed by atoms with Crippen molar-refractivity contribution in [2.75, 3.05) is 0 Å². The number of aromatic hydroxyl groups is 1. The summed E-state index contributed by atoms with van der Waals surface area (Å²) in [6.45, 7) is 29.1. The van der Waals surface area contributed by atoms with Gasteiger partial charge < -0.3 is 5.11 Å². The van der Waals surface area contributed by atoms with Gasteiger partial charge in [-0.2, -0.15) is 0 Å². The van der Waals surface area contributed by atoms with Gasteiger partial charge in [-0.1, -0.05) is 156 Å². The first-order valence-electron chi connectivity index (χ1n) is 22.4. The van der Waals surface area contributed by atoms with Gasteiger partial charge in [0.1, 0.15) is 11.6 Å². The highest BCUT2D eigenvalue weighted by atomic mass is 16.3. The fourth-order valence-electron chi connectivity index (χ4n) is 8.47. The summed E-state index contributed by atoms with van der Waals surface area (Å²) in [6, 6.07) is 48.2. The zero-order valence-corrected chi connectivity index (χ0v) is 39.6. The first-order chi connectivity index (χ1) is 29.6. The Hall–Kier alpha value is -6.26. The van der Waals surface area contributed by atoms with E-state index in [4.69, 9.17) is 9.97 Å². The fourth-order valence-corrected chi connectivity index (χ4v) is 8.47. The van der Waals surface area contributed by atoms with E-state index in [0.29, 0.717) is 5.82 Å². The molecule has 0 saturated carbocycles. The molecule has 0 aliphatic rings. The third kappa shape index (κ3) is 8.74. The molecule has 0 saturated heterocycles. The number of aromatic nitrogens is 3. The summed E-state index contributed by atoms with van der Waals surface area (Å²) in [5, 5.41) is 12.6. The molecular weight excluding hydrogens is 767 g/mol. The molecule has 63 heavy (non-hydrogen) atoms. The number of phenols is 1. The van der Waals surface area contributed by atoms with Gasteiger partial charge in [0.2, 0.25) is 0 Å². The Kier molecular flexibility index (Phi) is 10.9. The van der Waals surface area contributed by atoms with Crippen molar-refractivity contribution >= 4 is 11.0 Å². The molecular formula is C59H63N3O. The normalized spacial score (nSPS) is 12.6. The smallest absolute Gasteiger partial charge is 0.149 e. The Morgan fingerprint density at radius 2 is 0.984 bits per heavy atom. The average molecular weight is 830 g/mol. The molecule has 0 spiro atoms. The number of fused-ring (bicyclic) bond motifs is 1. The Labute approximate surface area is 375 Å². The van der Waals surface area contributed by atoms with E-state index in [2.05, 4.69) is 222 Å². The highest BCUT2D eigenvalue weighted by molar-refractivity contribution is 6.00. The maximum atomic E-state index is 12.6. The molecule has 320 valence electrons. The fraction of sp³-hybridized carbons (Fsp3) is 0.288. The number of hydrogen-bond donors (Lipinski definition) is 1. The van der Waals surface area contributed by atoms with Gasteiger partial charge >= 0.3 is 0 Å². The second kappa shape index (κ2) is 15.8. The SMILES string of the molecule is Cc1ccnc(-c2cc(-c3ccccc3)cc(-c3cc(-c4ccccc4)cc4c3nc(-c3cc(C(C)(C)C)cc(C(C)(C)C)c3O)n4-c3cc(C(C)(C)C)cc(C(C)(C)C)c3)c2)c1. The predicted octanol–water partition coefficient (Wildman–Crippen LogP) is 16.0. The molecule has 0 amide bonds. The van der Waals surface area contributed by atoms with Crippen LogP contribution in [0.1, 0.15) is 111 Å². The summed E-state index contributed by atoms with van der Waals surface area (Å²) >= 11 is 0. The van der Waals surface area contributed by atoms with Gasteiger partial charge in [-0.3, -0.25) is 9.55 Å². The van der Waals surface area contributed by atoms with Crippen molar-refractivity contribution < 1.29 is 5.11 Å². The predicted molar refractivity (Wildman–Crippen MR) is 267 cm³/mol. The van der Waals surface area contributed by atoms with Crippen molar-refractivity contribution in [1.82, 2.24) is 14.5 Å². The molecule has 0 radical (unpaired) electrons. The number of rotatable bonds is 6. The minimum atomic E-state index is -0.327. The second-order valence-electron chi connectivity index (χ2n) is 21.6. The van der Waals surface area contributed by atoms with Gasteiger partial charge in [0, 0.05) is 28.6 Å². The van der Waals surface area contributed by atoms with Crippen molar-refractivity contribution in [2.45, 2.75) is 112 Å². The quantitative estimate of drug-likeness (QED) is 0.182. The van der Waals surface area contributed by atoms with E-state index < -0.39 is 0 Å². The van der Waals surface area contributed by atoms with Crippen LogP contribution in [0.2, 0.25) is 0 Å². The van der Waals surface area contributed by atoms with Gasteiger partial charge in [-0.25, -0.2) is 4.98 Å². The molecule has 0 atom stereocenters. The third-order valence-electron chi connectivity index (χ3n) is 12.4. The van der Waals surface area contributed by atoms with Crippen LogP contribution in [0.25, 0.3) is 72.7 Å². The Morgan fingerprint density at radius 1 is 0.460 bits per heavy atom. The van der Waals surface area contributed by atoms with E-state index in [-0.39, 0.29) is 27.4 Å². The summed E-state index contributed by atoms with van der Waals surface area (Å²) in [4.78, 5) is 10.6. The molecule has 0 aliphatic carbocycles. The first-order valence-corrected chi connectivity index (χ1v) is 22.4.